The number of para-hydroxylation sites is 2. The molecule has 0 atom stereocenters. The monoisotopic (exact) mass is 341 g/mol. The second-order valence-corrected chi connectivity index (χ2v) is 5.99. The van der Waals surface area contributed by atoms with Crippen LogP contribution in [0.2, 0.25) is 0 Å². The van der Waals surface area contributed by atoms with E-state index in [0.717, 1.165) is 37.8 Å². The van der Waals surface area contributed by atoms with Crippen molar-refractivity contribution in [1.29, 1.82) is 0 Å². The number of amides is 1. The van der Waals surface area contributed by atoms with E-state index in [2.05, 4.69) is 15.2 Å². The van der Waals surface area contributed by atoms with Gasteiger partial charge in [0.1, 0.15) is 5.82 Å². The zero-order valence-electron chi connectivity index (χ0n) is 13.7. The highest BCUT2D eigenvalue weighted by atomic mass is 19.1. The Morgan fingerprint density at radius 3 is 2.80 bits per heavy atom. The van der Waals surface area contributed by atoms with Crippen molar-refractivity contribution in [2.45, 2.75) is 18.9 Å². The van der Waals surface area contributed by atoms with Crippen molar-refractivity contribution in [3.05, 3.63) is 60.2 Å². The van der Waals surface area contributed by atoms with Crippen LogP contribution in [0.5, 0.6) is 0 Å². The lowest BCUT2D eigenvalue weighted by molar-refractivity contribution is -0.111. The van der Waals surface area contributed by atoms with Gasteiger partial charge in [0.05, 0.1) is 23.7 Å². The quantitative estimate of drug-likeness (QED) is 0.840. The summed E-state index contributed by atoms with van der Waals surface area (Å²) in [5.74, 6) is -0.742. The number of hydrogen-bond donors (Lipinski definition) is 2. The number of benzene rings is 1. The molecule has 130 valence electrons. The number of halogens is 1. The van der Waals surface area contributed by atoms with Crippen molar-refractivity contribution in [2.24, 2.45) is 0 Å². The van der Waals surface area contributed by atoms with Crippen molar-refractivity contribution in [2.75, 3.05) is 23.3 Å². The standard InChI is InChI=1S/C19H20FN3O2/c20-15-11-14(12-21-13-15)5-6-19(25)22-17-3-1-2-4-18(17)23-9-7-16(24)8-10-23/h1-6,11-13,16,24H,7-10H2,(H,22,25)/b6-5+. The summed E-state index contributed by atoms with van der Waals surface area (Å²) in [6.07, 6.45) is 6.66. The lowest BCUT2D eigenvalue weighted by Crippen LogP contribution is -2.36. The fraction of sp³-hybridized carbons (Fsp3) is 0.263. The van der Waals surface area contributed by atoms with Crippen LogP contribution in [0.3, 0.4) is 0 Å². The van der Waals surface area contributed by atoms with Gasteiger partial charge < -0.3 is 15.3 Å². The predicted molar refractivity (Wildman–Crippen MR) is 95.8 cm³/mol. The summed E-state index contributed by atoms with van der Waals surface area (Å²) >= 11 is 0. The summed E-state index contributed by atoms with van der Waals surface area (Å²) in [6.45, 7) is 1.50. The molecule has 3 rings (SSSR count). The Bertz CT molecular complexity index is 771. The molecule has 0 unspecified atom stereocenters. The van der Waals surface area contributed by atoms with Gasteiger partial charge in [-0.25, -0.2) is 4.39 Å². The van der Waals surface area contributed by atoms with Crippen LogP contribution in [0.25, 0.3) is 6.08 Å². The zero-order valence-corrected chi connectivity index (χ0v) is 13.7. The van der Waals surface area contributed by atoms with Gasteiger partial charge in [0.25, 0.3) is 0 Å². The van der Waals surface area contributed by atoms with E-state index in [1.165, 1.54) is 24.4 Å². The number of aromatic nitrogens is 1. The van der Waals surface area contributed by atoms with E-state index >= 15 is 0 Å². The Kier molecular flexibility index (Phi) is 5.40. The van der Waals surface area contributed by atoms with Gasteiger partial charge in [0, 0.05) is 25.4 Å². The van der Waals surface area contributed by atoms with E-state index in [1.54, 1.807) is 0 Å². The smallest absolute Gasteiger partial charge is 0.248 e. The Labute approximate surface area is 145 Å². The fourth-order valence-corrected chi connectivity index (χ4v) is 2.83. The third-order valence-electron chi connectivity index (χ3n) is 4.12. The number of carbonyl (C=O) groups is 1. The molecule has 0 bridgehead atoms. The van der Waals surface area contributed by atoms with Crippen LogP contribution < -0.4 is 10.2 Å². The number of aliphatic hydroxyl groups excluding tert-OH is 1. The summed E-state index contributed by atoms with van der Waals surface area (Å²) < 4.78 is 13.1. The second kappa shape index (κ2) is 7.90. The SMILES string of the molecule is O=C(/C=C/c1cncc(F)c1)Nc1ccccc1N1CCC(O)CC1. The fourth-order valence-electron chi connectivity index (χ4n) is 2.83. The molecule has 0 radical (unpaired) electrons. The first-order valence-electron chi connectivity index (χ1n) is 8.23. The normalized spacial score (nSPS) is 15.5. The second-order valence-electron chi connectivity index (χ2n) is 5.99. The maximum atomic E-state index is 13.1. The largest absolute Gasteiger partial charge is 0.393 e. The summed E-state index contributed by atoms with van der Waals surface area (Å²) in [5, 5.41) is 12.5. The molecule has 1 fully saturated rings. The number of pyridine rings is 1. The molecule has 2 N–H and O–H groups in total. The van der Waals surface area contributed by atoms with Crippen LogP contribution in [0.15, 0.2) is 48.8 Å². The minimum atomic E-state index is -0.444. The Hall–Kier alpha value is -2.73. The van der Waals surface area contributed by atoms with Gasteiger partial charge in [0.15, 0.2) is 0 Å². The molecule has 1 saturated heterocycles. The number of aliphatic hydroxyl groups is 1. The minimum Gasteiger partial charge on any atom is -0.393 e. The van der Waals surface area contributed by atoms with Gasteiger partial charge in [0.2, 0.25) is 5.91 Å². The first-order chi connectivity index (χ1) is 12.1. The van der Waals surface area contributed by atoms with Crippen molar-refractivity contribution >= 4 is 23.4 Å². The van der Waals surface area contributed by atoms with Gasteiger partial charge in [-0.2, -0.15) is 0 Å². The Morgan fingerprint density at radius 2 is 2.04 bits per heavy atom. The maximum absolute atomic E-state index is 13.1. The van der Waals surface area contributed by atoms with Gasteiger partial charge in [-0.05, 0) is 42.7 Å². The van der Waals surface area contributed by atoms with Crippen LogP contribution in [-0.4, -0.2) is 35.2 Å². The third kappa shape index (κ3) is 4.64. The molecule has 1 amide bonds. The molecule has 25 heavy (non-hydrogen) atoms. The molecule has 0 aliphatic carbocycles. The van der Waals surface area contributed by atoms with Crippen molar-refractivity contribution in [3.8, 4) is 0 Å². The molecular weight excluding hydrogens is 321 g/mol. The number of nitrogens with zero attached hydrogens (tertiary/aromatic N) is 2. The van der Waals surface area contributed by atoms with Crippen LogP contribution in [0.1, 0.15) is 18.4 Å². The third-order valence-corrected chi connectivity index (χ3v) is 4.12. The summed E-state index contributed by atoms with van der Waals surface area (Å²) in [4.78, 5) is 18.1. The molecule has 1 aromatic heterocycles. The molecule has 2 heterocycles. The highest BCUT2D eigenvalue weighted by molar-refractivity contribution is 6.03. The number of hydrogen-bond acceptors (Lipinski definition) is 4. The highest BCUT2D eigenvalue weighted by Gasteiger charge is 2.19. The number of anilines is 2. The highest BCUT2D eigenvalue weighted by Crippen LogP contribution is 2.28. The molecule has 0 spiro atoms. The molecule has 1 aliphatic rings. The van der Waals surface area contributed by atoms with Crippen molar-refractivity contribution in [3.63, 3.8) is 0 Å². The molecule has 0 saturated carbocycles. The lowest BCUT2D eigenvalue weighted by Gasteiger charge is -2.32. The Balaban J connectivity index is 1.69. The summed E-state index contributed by atoms with van der Waals surface area (Å²) in [7, 11) is 0. The first-order valence-corrected chi connectivity index (χ1v) is 8.23. The zero-order chi connectivity index (χ0) is 17.6. The van der Waals surface area contributed by atoms with Gasteiger partial charge >= 0.3 is 0 Å². The topological polar surface area (TPSA) is 65.5 Å². The molecule has 2 aromatic rings. The molecule has 5 nitrogen and oxygen atoms in total. The van der Waals surface area contributed by atoms with Crippen molar-refractivity contribution < 1.29 is 14.3 Å². The van der Waals surface area contributed by atoms with E-state index in [1.807, 2.05) is 24.3 Å². The number of rotatable bonds is 4. The maximum Gasteiger partial charge on any atom is 0.248 e. The summed E-state index contributed by atoms with van der Waals surface area (Å²) in [6, 6.07) is 8.88. The molecular formula is C19H20FN3O2. The van der Waals surface area contributed by atoms with Crippen LogP contribution in [0.4, 0.5) is 15.8 Å². The van der Waals surface area contributed by atoms with Crippen molar-refractivity contribution in [1.82, 2.24) is 4.98 Å². The molecule has 1 aromatic carbocycles. The van der Waals surface area contributed by atoms with E-state index in [9.17, 15) is 14.3 Å². The van der Waals surface area contributed by atoms with E-state index < -0.39 is 5.82 Å². The van der Waals surface area contributed by atoms with Crippen LogP contribution in [0, 0.1) is 5.82 Å². The number of nitrogens with one attached hydrogen (secondary N) is 1. The van der Waals surface area contributed by atoms with Crippen LogP contribution >= 0.6 is 0 Å². The molecule has 1 aliphatic heterocycles. The predicted octanol–water partition coefficient (Wildman–Crippen LogP) is 2.83. The average molecular weight is 341 g/mol. The van der Waals surface area contributed by atoms with E-state index in [4.69, 9.17) is 0 Å². The number of piperidine rings is 1. The van der Waals surface area contributed by atoms with E-state index in [0.29, 0.717) is 11.3 Å². The van der Waals surface area contributed by atoms with E-state index in [-0.39, 0.29) is 12.0 Å². The van der Waals surface area contributed by atoms with Crippen LogP contribution in [-0.2, 0) is 4.79 Å². The first kappa shape index (κ1) is 17.1. The van der Waals surface area contributed by atoms with Gasteiger partial charge in [-0.3, -0.25) is 9.78 Å². The summed E-state index contributed by atoms with van der Waals surface area (Å²) in [5.41, 5.74) is 2.17. The van der Waals surface area contributed by atoms with Gasteiger partial charge in [-0.15, -0.1) is 0 Å². The van der Waals surface area contributed by atoms with Gasteiger partial charge in [-0.1, -0.05) is 12.1 Å². The average Bonchev–Trinajstić information content (AvgIpc) is 2.61. The molecule has 6 heteroatoms. The minimum absolute atomic E-state index is 0.249. The Morgan fingerprint density at radius 1 is 1.28 bits per heavy atom. The lowest BCUT2D eigenvalue weighted by atomic mass is 10.1. The number of carbonyl (C=O) groups excluding carboxylic acids is 1.